The maximum absolute atomic E-state index is 12.2. The molecule has 0 heterocycles. The van der Waals surface area contributed by atoms with E-state index in [1.165, 1.54) is 27.5 Å². The van der Waals surface area contributed by atoms with Gasteiger partial charge in [-0.1, -0.05) is 48.5 Å². The van der Waals surface area contributed by atoms with Gasteiger partial charge in [-0.05, 0) is 23.8 Å². The average molecular weight is 420 g/mol. The summed E-state index contributed by atoms with van der Waals surface area (Å²) in [5.74, 6) is 1.71. The van der Waals surface area contributed by atoms with E-state index in [9.17, 15) is 4.79 Å². The first-order valence-corrected chi connectivity index (χ1v) is 9.55. The second-order valence-corrected chi connectivity index (χ2v) is 6.40. The van der Waals surface area contributed by atoms with Crippen molar-refractivity contribution in [3.05, 3.63) is 72.3 Å². The normalized spacial score (nSPS) is 10.5. The van der Waals surface area contributed by atoms with Crippen molar-refractivity contribution in [2.75, 3.05) is 27.9 Å². The van der Waals surface area contributed by atoms with Crippen molar-refractivity contribution in [2.24, 2.45) is 5.10 Å². The van der Waals surface area contributed by atoms with Crippen LogP contribution in [0.4, 0.5) is 0 Å². The highest BCUT2D eigenvalue weighted by molar-refractivity contribution is 5.85. The van der Waals surface area contributed by atoms with Crippen molar-refractivity contribution in [2.45, 2.75) is 0 Å². The minimum atomic E-state index is -0.383. The summed E-state index contributed by atoms with van der Waals surface area (Å²) in [6.45, 7) is -0.170. The molecule has 0 fully saturated rings. The SMILES string of the molecule is COc1cc(/C=N/NC(=O)COc2ccccc2-c2ccccc2)cc(OC)c1OC. The minimum absolute atomic E-state index is 0.170. The van der Waals surface area contributed by atoms with Crippen molar-refractivity contribution in [1.29, 1.82) is 0 Å². The number of ether oxygens (including phenoxy) is 4. The van der Waals surface area contributed by atoms with Crippen molar-refractivity contribution >= 4 is 12.1 Å². The van der Waals surface area contributed by atoms with Crippen LogP contribution in [-0.4, -0.2) is 40.1 Å². The number of nitrogens with zero attached hydrogens (tertiary/aromatic N) is 1. The average Bonchev–Trinajstić information content (AvgIpc) is 2.82. The molecule has 1 amide bonds. The van der Waals surface area contributed by atoms with Crippen LogP contribution in [0.25, 0.3) is 11.1 Å². The fourth-order valence-electron chi connectivity index (χ4n) is 2.98. The van der Waals surface area contributed by atoms with Gasteiger partial charge in [-0.2, -0.15) is 5.10 Å². The summed E-state index contributed by atoms with van der Waals surface area (Å²) in [5.41, 5.74) is 5.05. The molecule has 0 aromatic heterocycles. The fourth-order valence-corrected chi connectivity index (χ4v) is 2.98. The van der Waals surface area contributed by atoms with Crippen molar-refractivity contribution < 1.29 is 23.7 Å². The van der Waals surface area contributed by atoms with E-state index in [1.54, 1.807) is 12.1 Å². The van der Waals surface area contributed by atoms with Gasteiger partial charge in [0.05, 0.1) is 27.5 Å². The second kappa shape index (κ2) is 10.7. The monoisotopic (exact) mass is 420 g/mol. The van der Waals surface area contributed by atoms with Crippen molar-refractivity contribution in [3.8, 4) is 34.1 Å². The minimum Gasteiger partial charge on any atom is -0.493 e. The first-order chi connectivity index (χ1) is 15.2. The molecule has 0 unspecified atom stereocenters. The van der Waals surface area contributed by atoms with E-state index in [1.807, 2.05) is 54.6 Å². The highest BCUT2D eigenvalue weighted by Crippen LogP contribution is 2.37. The summed E-state index contributed by atoms with van der Waals surface area (Å²) < 4.78 is 21.6. The maximum Gasteiger partial charge on any atom is 0.277 e. The van der Waals surface area contributed by atoms with Gasteiger partial charge in [0.25, 0.3) is 5.91 Å². The standard InChI is InChI=1S/C24H24N2O5/c1-28-21-13-17(14-22(29-2)24(21)30-3)15-25-26-23(27)16-31-20-12-8-7-11-19(20)18-9-5-4-6-10-18/h4-15H,16H2,1-3H3,(H,26,27)/b25-15+. The number of carbonyl (C=O) groups is 1. The predicted molar refractivity (Wildman–Crippen MR) is 119 cm³/mol. The molecule has 3 aromatic carbocycles. The van der Waals surface area contributed by atoms with Gasteiger partial charge in [-0.25, -0.2) is 5.43 Å². The number of carbonyl (C=O) groups excluding carboxylic acids is 1. The molecule has 0 atom stereocenters. The third-order valence-corrected chi connectivity index (χ3v) is 4.42. The molecule has 160 valence electrons. The Balaban J connectivity index is 1.62. The fraction of sp³-hybridized carbons (Fsp3) is 0.167. The summed E-state index contributed by atoms with van der Waals surface area (Å²) in [4.78, 5) is 12.2. The topological polar surface area (TPSA) is 78.4 Å². The third kappa shape index (κ3) is 5.54. The molecule has 3 rings (SSSR count). The molecule has 1 N–H and O–H groups in total. The Morgan fingerprint density at radius 3 is 2.16 bits per heavy atom. The largest absolute Gasteiger partial charge is 0.493 e. The highest BCUT2D eigenvalue weighted by Gasteiger charge is 2.12. The van der Waals surface area contributed by atoms with Crippen molar-refractivity contribution in [3.63, 3.8) is 0 Å². The quantitative estimate of drug-likeness (QED) is 0.420. The Morgan fingerprint density at radius 2 is 1.52 bits per heavy atom. The lowest BCUT2D eigenvalue weighted by molar-refractivity contribution is -0.123. The Bertz CT molecular complexity index is 1030. The van der Waals surface area contributed by atoms with Gasteiger partial charge in [-0.3, -0.25) is 4.79 Å². The molecule has 0 spiro atoms. The lowest BCUT2D eigenvalue weighted by Gasteiger charge is -2.12. The van der Waals surface area contributed by atoms with Crippen LogP contribution in [0.2, 0.25) is 0 Å². The highest BCUT2D eigenvalue weighted by atomic mass is 16.5. The third-order valence-electron chi connectivity index (χ3n) is 4.42. The van der Waals surface area contributed by atoms with Gasteiger partial charge in [0.1, 0.15) is 5.75 Å². The zero-order chi connectivity index (χ0) is 22.1. The summed E-state index contributed by atoms with van der Waals surface area (Å²) in [6.07, 6.45) is 1.49. The number of nitrogens with one attached hydrogen (secondary N) is 1. The van der Waals surface area contributed by atoms with Crippen molar-refractivity contribution in [1.82, 2.24) is 5.43 Å². The first-order valence-electron chi connectivity index (χ1n) is 9.55. The Morgan fingerprint density at radius 1 is 0.871 bits per heavy atom. The Labute approximate surface area is 181 Å². The molecule has 0 radical (unpaired) electrons. The van der Waals surface area contributed by atoms with Gasteiger partial charge >= 0.3 is 0 Å². The van der Waals surface area contributed by atoms with Gasteiger partial charge in [0.2, 0.25) is 5.75 Å². The summed E-state index contributed by atoms with van der Waals surface area (Å²) >= 11 is 0. The number of hydrogen-bond donors (Lipinski definition) is 1. The van der Waals surface area contributed by atoms with E-state index in [2.05, 4.69) is 10.5 Å². The molecular formula is C24H24N2O5. The number of benzene rings is 3. The number of hydrogen-bond acceptors (Lipinski definition) is 6. The van der Waals surface area contributed by atoms with E-state index in [4.69, 9.17) is 18.9 Å². The molecule has 0 aliphatic heterocycles. The number of para-hydroxylation sites is 1. The van der Waals surface area contributed by atoms with Gasteiger partial charge in [-0.15, -0.1) is 0 Å². The lowest BCUT2D eigenvalue weighted by atomic mass is 10.1. The van der Waals surface area contributed by atoms with Gasteiger partial charge in [0.15, 0.2) is 18.1 Å². The number of rotatable bonds is 9. The number of methoxy groups -OCH3 is 3. The molecule has 31 heavy (non-hydrogen) atoms. The van der Waals surface area contributed by atoms with Crippen LogP contribution in [0.3, 0.4) is 0 Å². The zero-order valence-corrected chi connectivity index (χ0v) is 17.6. The molecular weight excluding hydrogens is 396 g/mol. The molecule has 0 bridgehead atoms. The van der Waals surface area contributed by atoms with Crippen LogP contribution in [0.1, 0.15) is 5.56 Å². The molecule has 7 nitrogen and oxygen atoms in total. The molecule has 0 aliphatic carbocycles. The molecule has 0 saturated heterocycles. The van der Waals surface area contributed by atoms with E-state index in [-0.39, 0.29) is 12.5 Å². The number of hydrazone groups is 1. The van der Waals surface area contributed by atoms with E-state index >= 15 is 0 Å². The van der Waals surface area contributed by atoms with E-state index in [0.29, 0.717) is 28.6 Å². The van der Waals surface area contributed by atoms with E-state index < -0.39 is 0 Å². The summed E-state index contributed by atoms with van der Waals surface area (Å²) in [5, 5.41) is 3.98. The predicted octanol–water partition coefficient (Wildman–Crippen LogP) is 3.91. The smallest absolute Gasteiger partial charge is 0.277 e. The first kappa shape index (κ1) is 21.7. The van der Waals surface area contributed by atoms with E-state index in [0.717, 1.165) is 11.1 Å². The second-order valence-electron chi connectivity index (χ2n) is 6.40. The summed E-state index contributed by atoms with van der Waals surface area (Å²) in [7, 11) is 4.60. The van der Waals surface area contributed by atoms with Crippen LogP contribution in [0, 0.1) is 0 Å². The number of amides is 1. The molecule has 0 aliphatic rings. The Kier molecular flexibility index (Phi) is 7.48. The van der Waals surface area contributed by atoms with Gasteiger partial charge in [0, 0.05) is 11.1 Å². The van der Waals surface area contributed by atoms with Crippen LogP contribution >= 0.6 is 0 Å². The van der Waals surface area contributed by atoms with Crippen LogP contribution in [0.15, 0.2) is 71.8 Å². The lowest BCUT2D eigenvalue weighted by Crippen LogP contribution is -2.24. The maximum atomic E-state index is 12.2. The Hall–Kier alpha value is -4.00. The van der Waals surface area contributed by atoms with Crippen LogP contribution < -0.4 is 24.4 Å². The van der Waals surface area contributed by atoms with Gasteiger partial charge < -0.3 is 18.9 Å². The van der Waals surface area contributed by atoms with Crippen LogP contribution in [0.5, 0.6) is 23.0 Å². The summed E-state index contributed by atoms with van der Waals surface area (Å²) in [6, 6.07) is 20.9. The molecule has 3 aromatic rings. The molecule has 0 saturated carbocycles. The zero-order valence-electron chi connectivity index (χ0n) is 17.6. The van der Waals surface area contributed by atoms with Crippen LogP contribution in [-0.2, 0) is 4.79 Å². The molecule has 7 heteroatoms.